The molecule has 0 bridgehead atoms. The summed E-state index contributed by atoms with van der Waals surface area (Å²) >= 11 is 0. The van der Waals surface area contributed by atoms with Gasteiger partial charge in [-0.2, -0.15) is 0 Å². The third-order valence-electron chi connectivity index (χ3n) is 3.16. The second kappa shape index (κ2) is 7.28. The van der Waals surface area contributed by atoms with Crippen molar-refractivity contribution in [1.82, 2.24) is 10.3 Å². The molecule has 1 N–H and O–H groups in total. The van der Waals surface area contributed by atoms with Gasteiger partial charge in [-0.15, -0.1) is 0 Å². The first kappa shape index (κ1) is 14.0. The van der Waals surface area contributed by atoms with Crippen LogP contribution in [0.2, 0.25) is 0 Å². The van der Waals surface area contributed by atoms with E-state index in [0.29, 0.717) is 12.0 Å². The van der Waals surface area contributed by atoms with E-state index >= 15 is 0 Å². The van der Waals surface area contributed by atoms with Gasteiger partial charge < -0.3 is 10.1 Å². The topological polar surface area (TPSA) is 34.2 Å². The summed E-state index contributed by atoms with van der Waals surface area (Å²) in [6, 6.07) is 4.40. The van der Waals surface area contributed by atoms with E-state index in [1.165, 1.54) is 0 Å². The molecule has 2 atom stereocenters. The van der Waals surface area contributed by atoms with Gasteiger partial charge in [0.25, 0.3) is 0 Å². The van der Waals surface area contributed by atoms with E-state index in [1.54, 1.807) is 13.3 Å². The zero-order valence-electron chi connectivity index (χ0n) is 11.4. The van der Waals surface area contributed by atoms with Crippen molar-refractivity contribution < 1.29 is 4.74 Å². The van der Waals surface area contributed by atoms with Crippen LogP contribution in [0.5, 0.6) is 5.88 Å². The minimum Gasteiger partial charge on any atom is -0.481 e. The molecule has 3 nitrogen and oxygen atoms in total. The monoisotopic (exact) mass is 236 g/mol. The van der Waals surface area contributed by atoms with Crippen LogP contribution >= 0.6 is 0 Å². The zero-order valence-corrected chi connectivity index (χ0v) is 11.4. The largest absolute Gasteiger partial charge is 0.481 e. The quantitative estimate of drug-likeness (QED) is 0.789. The molecule has 2 unspecified atom stereocenters. The molecule has 96 valence electrons. The Morgan fingerprint density at radius 3 is 2.76 bits per heavy atom. The van der Waals surface area contributed by atoms with E-state index < -0.39 is 0 Å². The lowest BCUT2D eigenvalue weighted by molar-refractivity contribution is 0.343. The molecule has 1 heterocycles. The van der Waals surface area contributed by atoms with Crippen molar-refractivity contribution in [2.45, 2.75) is 39.7 Å². The molecule has 0 aliphatic rings. The summed E-state index contributed by atoms with van der Waals surface area (Å²) in [6.07, 6.45) is 4.05. The molecule has 3 heteroatoms. The molecule has 0 aliphatic heterocycles. The standard InChI is InChI=1S/C14H24N2O/c1-5-9-15-13(11(3)6-2)12-8-7-10-16-14(12)17-4/h7-8,10-11,13,15H,5-6,9H2,1-4H3. The maximum absolute atomic E-state index is 5.35. The van der Waals surface area contributed by atoms with E-state index in [1.807, 2.05) is 6.07 Å². The van der Waals surface area contributed by atoms with E-state index in [4.69, 9.17) is 4.74 Å². The van der Waals surface area contributed by atoms with E-state index in [2.05, 4.69) is 37.1 Å². The third kappa shape index (κ3) is 3.70. The molecule has 0 aromatic carbocycles. The fourth-order valence-electron chi connectivity index (χ4n) is 1.96. The molecular formula is C14H24N2O. The summed E-state index contributed by atoms with van der Waals surface area (Å²) in [5, 5.41) is 3.59. The predicted molar refractivity (Wildman–Crippen MR) is 71.3 cm³/mol. The first-order valence-corrected chi connectivity index (χ1v) is 6.46. The number of nitrogens with one attached hydrogen (secondary N) is 1. The van der Waals surface area contributed by atoms with Crippen molar-refractivity contribution >= 4 is 0 Å². The van der Waals surface area contributed by atoms with Gasteiger partial charge in [0.2, 0.25) is 5.88 Å². The highest BCUT2D eigenvalue weighted by molar-refractivity contribution is 5.29. The number of hydrogen-bond donors (Lipinski definition) is 1. The Morgan fingerprint density at radius 1 is 1.41 bits per heavy atom. The fourth-order valence-corrected chi connectivity index (χ4v) is 1.96. The van der Waals surface area contributed by atoms with Gasteiger partial charge in [-0.1, -0.05) is 33.3 Å². The summed E-state index contributed by atoms with van der Waals surface area (Å²) in [6.45, 7) is 7.68. The average molecular weight is 236 g/mol. The molecule has 0 saturated carbocycles. The Bertz CT molecular complexity index is 328. The number of ether oxygens (including phenoxy) is 1. The molecule has 0 fully saturated rings. The minimum atomic E-state index is 0.323. The lowest BCUT2D eigenvalue weighted by Gasteiger charge is -2.25. The summed E-state index contributed by atoms with van der Waals surface area (Å²) < 4.78 is 5.35. The Kier molecular flexibility index (Phi) is 5.98. The summed E-state index contributed by atoms with van der Waals surface area (Å²) in [5.74, 6) is 1.31. The Morgan fingerprint density at radius 2 is 2.18 bits per heavy atom. The molecule has 1 rings (SSSR count). The van der Waals surface area contributed by atoms with Gasteiger partial charge in [-0.25, -0.2) is 4.98 Å². The van der Waals surface area contributed by atoms with Gasteiger partial charge >= 0.3 is 0 Å². The summed E-state index contributed by atoms with van der Waals surface area (Å²) in [5.41, 5.74) is 1.16. The lowest BCUT2D eigenvalue weighted by atomic mass is 9.93. The predicted octanol–water partition coefficient (Wildman–Crippen LogP) is 3.18. The third-order valence-corrected chi connectivity index (χ3v) is 3.16. The molecule has 0 radical (unpaired) electrons. The molecule has 0 saturated heterocycles. The van der Waals surface area contributed by atoms with E-state index in [9.17, 15) is 0 Å². The first-order chi connectivity index (χ1) is 8.24. The zero-order chi connectivity index (χ0) is 12.7. The van der Waals surface area contributed by atoms with E-state index in [0.717, 1.165) is 30.8 Å². The molecular weight excluding hydrogens is 212 g/mol. The van der Waals surface area contributed by atoms with Crippen LogP contribution in [0, 0.1) is 5.92 Å². The highest BCUT2D eigenvalue weighted by atomic mass is 16.5. The van der Waals surface area contributed by atoms with E-state index in [-0.39, 0.29) is 0 Å². The number of pyridine rings is 1. The number of rotatable bonds is 7. The Labute approximate surface area is 105 Å². The highest BCUT2D eigenvalue weighted by Gasteiger charge is 2.21. The summed E-state index contributed by atoms with van der Waals surface area (Å²) in [7, 11) is 1.68. The van der Waals surface area contributed by atoms with Crippen molar-refractivity contribution in [3.05, 3.63) is 23.9 Å². The average Bonchev–Trinajstić information content (AvgIpc) is 2.39. The maximum Gasteiger partial charge on any atom is 0.217 e. The Hall–Kier alpha value is -1.09. The van der Waals surface area contributed by atoms with Crippen molar-refractivity contribution in [2.24, 2.45) is 5.92 Å². The van der Waals surface area contributed by atoms with Gasteiger partial charge in [0, 0.05) is 17.8 Å². The van der Waals surface area contributed by atoms with Crippen LogP contribution in [0.25, 0.3) is 0 Å². The molecule has 17 heavy (non-hydrogen) atoms. The van der Waals surface area contributed by atoms with Crippen LogP contribution in [0.1, 0.15) is 45.2 Å². The normalized spacial score (nSPS) is 14.4. The summed E-state index contributed by atoms with van der Waals surface area (Å²) in [4.78, 5) is 4.28. The highest BCUT2D eigenvalue weighted by Crippen LogP contribution is 2.29. The van der Waals surface area contributed by atoms with Crippen LogP contribution in [0.15, 0.2) is 18.3 Å². The van der Waals surface area contributed by atoms with Gasteiger partial charge in [-0.3, -0.25) is 0 Å². The molecule has 0 spiro atoms. The van der Waals surface area contributed by atoms with Gasteiger partial charge in [0.1, 0.15) is 0 Å². The van der Waals surface area contributed by atoms with Crippen LogP contribution in [-0.4, -0.2) is 18.6 Å². The number of nitrogens with zero attached hydrogens (tertiary/aromatic N) is 1. The maximum atomic E-state index is 5.35. The van der Waals surface area contributed by atoms with Crippen LogP contribution in [-0.2, 0) is 0 Å². The SMILES string of the molecule is CCCNC(c1cccnc1OC)C(C)CC. The second-order valence-electron chi connectivity index (χ2n) is 4.42. The molecule has 0 amide bonds. The van der Waals surface area contributed by atoms with Crippen molar-refractivity contribution in [1.29, 1.82) is 0 Å². The first-order valence-electron chi connectivity index (χ1n) is 6.46. The number of methoxy groups -OCH3 is 1. The lowest BCUT2D eigenvalue weighted by Crippen LogP contribution is -2.28. The smallest absolute Gasteiger partial charge is 0.217 e. The second-order valence-corrected chi connectivity index (χ2v) is 4.42. The van der Waals surface area contributed by atoms with Gasteiger partial charge in [-0.05, 0) is 24.9 Å². The van der Waals surface area contributed by atoms with Crippen LogP contribution < -0.4 is 10.1 Å². The molecule has 1 aromatic rings. The van der Waals surface area contributed by atoms with Crippen molar-refractivity contribution in [3.63, 3.8) is 0 Å². The van der Waals surface area contributed by atoms with Gasteiger partial charge in [0.05, 0.1) is 7.11 Å². The Balaban J connectivity index is 2.94. The minimum absolute atomic E-state index is 0.323. The molecule has 0 aliphatic carbocycles. The van der Waals surface area contributed by atoms with Crippen LogP contribution in [0.4, 0.5) is 0 Å². The van der Waals surface area contributed by atoms with Crippen molar-refractivity contribution in [2.75, 3.05) is 13.7 Å². The van der Waals surface area contributed by atoms with Gasteiger partial charge in [0.15, 0.2) is 0 Å². The molecule has 1 aromatic heterocycles. The van der Waals surface area contributed by atoms with Crippen molar-refractivity contribution in [3.8, 4) is 5.88 Å². The van der Waals surface area contributed by atoms with Crippen LogP contribution in [0.3, 0.4) is 0 Å². The number of aromatic nitrogens is 1. The number of hydrogen-bond acceptors (Lipinski definition) is 3. The fraction of sp³-hybridized carbons (Fsp3) is 0.643.